The first kappa shape index (κ1) is 13.1. The van der Waals surface area contributed by atoms with Crippen LogP contribution in [0.2, 0.25) is 0 Å². The van der Waals surface area contributed by atoms with Crippen LogP contribution in [-0.4, -0.2) is 16.2 Å². The number of hydrogen-bond donors (Lipinski definition) is 2. The maximum Gasteiger partial charge on any atom is 0.341 e. The molecule has 0 bridgehead atoms. The molecule has 1 aliphatic carbocycles. The Bertz CT molecular complexity index is 412. The molecule has 1 unspecified atom stereocenters. The van der Waals surface area contributed by atoms with Crippen LogP contribution in [0.3, 0.4) is 0 Å². The highest BCUT2D eigenvalue weighted by atomic mass is 79.9. The van der Waals surface area contributed by atoms with E-state index in [-0.39, 0.29) is 5.92 Å². The molecule has 2 N–H and O–H groups in total. The molecule has 0 aliphatic heterocycles. The minimum atomic E-state index is -1.71. The van der Waals surface area contributed by atoms with Crippen molar-refractivity contribution in [3.63, 3.8) is 0 Å². The van der Waals surface area contributed by atoms with Crippen molar-refractivity contribution in [1.29, 1.82) is 0 Å². The monoisotopic (exact) mass is 318 g/mol. The van der Waals surface area contributed by atoms with Crippen molar-refractivity contribution in [3.8, 4) is 0 Å². The summed E-state index contributed by atoms with van der Waals surface area (Å²) in [5.41, 5.74) is -1.71. The fourth-order valence-corrected chi connectivity index (χ4v) is 4.07. The smallest absolute Gasteiger partial charge is 0.341 e. The van der Waals surface area contributed by atoms with Gasteiger partial charge in [-0.25, -0.2) is 4.79 Å². The first-order valence-corrected chi connectivity index (χ1v) is 7.37. The van der Waals surface area contributed by atoms with E-state index in [1.807, 2.05) is 0 Å². The van der Waals surface area contributed by atoms with Gasteiger partial charge >= 0.3 is 5.97 Å². The van der Waals surface area contributed by atoms with Crippen LogP contribution in [0.1, 0.15) is 37.0 Å². The molecule has 3 nitrogen and oxygen atoms in total. The maximum absolute atomic E-state index is 11.5. The lowest BCUT2D eigenvalue weighted by Gasteiger charge is -2.34. The Morgan fingerprint density at radius 2 is 2.00 bits per heavy atom. The Labute approximate surface area is 113 Å². The largest absolute Gasteiger partial charge is 0.479 e. The van der Waals surface area contributed by atoms with Crippen LogP contribution >= 0.6 is 27.3 Å². The van der Waals surface area contributed by atoms with E-state index in [1.54, 1.807) is 12.1 Å². The molecule has 1 atom stereocenters. The zero-order valence-corrected chi connectivity index (χ0v) is 11.8. The molecule has 0 saturated heterocycles. The first-order valence-electron chi connectivity index (χ1n) is 5.76. The molecule has 17 heavy (non-hydrogen) atoms. The number of hydrogen-bond acceptors (Lipinski definition) is 3. The van der Waals surface area contributed by atoms with Crippen LogP contribution in [0.25, 0.3) is 0 Å². The zero-order chi connectivity index (χ0) is 12.5. The molecule has 1 saturated carbocycles. The second-order valence-corrected chi connectivity index (χ2v) is 6.97. The van der Waals surface area contributed by atoms with E-state index in [2.05, 4.69) is 15.9 Å². The Balaban J connectivity index is 2.34. The Morgan fingerprint density at radius 3 is 2.47 bits per heavy atom. The van der Waals surface area contributed by atoms with E-state index < -0.39 is 11.6 Å². The summed E-state index contributed by atoms with van der Waals surface area (Å²) in [6.07, 6.45) is 4.73. The Hall–Kier alpha value is -0.390. The van der Waals surface area contributed by atoms with Crippen molar-refractivity contribution in [2.24, 2.45) is 5.92 Å². The van der Waals surface area contributed by atoms with Crippen molar-refractivity contribution >= 4 is 33.2 Å². The summed E-state index contributed by atoms with van der Waals surface area (Å²) in [5.74, 6) is -1.29. The Morgan fingerprint density at radius 1 is 1.35 bits per heavy atom. The molecule has 1 aromatic rings. The lowest BCUT2D eigenvalue weighted by atomic mass is 9.76. The maximum atomic E-state index is 11.5. The van der Waals surface area contributed by atoms with Gasteiger partial charge in [-0.2, -0.15) is 0 Å². The van der Waals surface area contributed by atoms with Gasteiger partial charge in [-0.3, -0.25) is 0 Å². The van der Waals surface area contributed by atoms with Crippen molar-refractivity contribution in [1.82, 2.24) is 0 Å². The number of thiophene rings is 1. The van der Waals surface area contributed by atoms with E-state index in [0.717, 1.165) is 35.9 Å². The molecule has 2 rings (SSSR count). The minimum Gasteiger partial charge on any atom is -0.479 e. The molecule has 1 heterocycles. The van der Waals surface area contributed by atoms with Gasteiger partial charge in [0.05, 0.1) is 3.79 Å². The second kappa shape index (κ2) is 5.08. The van der Waals surface area contributed by atoms with Crippen molar-refractivity contribution in [3.05, 3.63) is 20.8 Å². The van der Waals surface area contributed by atoms with Gasteiger partial charge in [0.25, 0.3) is 0 Å². The summed E-state index contributed by atoms with van der Waals surface area (Å²) in [7, 11) is 0. The van der Waals surface area contributed by atoms with Crippen LogP contribution < -0.4 is 0 Å². The summed E-state index contributed by atoms with van der Waals surface area (Å²) < 4.78 is 0.850. The highest BCUT2D eigenvalue weighted by Crippen LogP contribution is 2.42. The second-order valence-electron chi connectivity index (χ2n) is 4.51. The standard InChI is InChI=1S/C12H15BrO3S/c13-10-7-6-9(17-10)12(16,11(14)15)8-4-2-1-3-5-8/h6-8,16H,1-5H2,(H,14,15). The fraction of sp³-hybridized carbons (Fsp3) is 0.583. The molecule has 5 heteroatoms. The van der Waals surface area contributed by atoms with E-state index in [9.17, 15) is 15.0 Å². The predicted octanol–water partition coefficient (Wildman–Crippen LogP) is 3.36. The number of halogens is 1. The quantitative estimate of drug-likeness (QED) is 0.898. The fourth-order valence-electron chi connectivity index (χ4n) is 2.52. The molecular weight excluding hydrogens is 304 g/mol. The van der Waals surface area contributed by atoms with Crippen LogP contribution in [0.4, 0.5) is 0 Å². The summed E-state index contributed by atoms with van der Waals surface area (Å²) in [5, 5.41) is 20.0. The molecule has 0 aromatic carbocycles. The highest BCUT2D eigenvalue weighted by Gasteiger charge is 2.46. The predicted molar refractivity (Wildman–Crippen MR) is 70.1 cm³/mol. The van der Waals surface area contributed by atoms with E-state index >= 15 is 0 Å². The number of carbonyl (C=O) groups is 1. The zero-order valence-electron chi connectivity index (χ0n) is 9.36. The molecule has 1 aliphatic rings. The number of carboxylic acid groups (broad SMARTS) is 1. The summed E-state index contributed by atoms with van der Waals surface area (Å²) in [6.45, 7) is 0. The van der Waals surface area contributed by atoms with Gasteiger partial charge in [-0.05, 0) is 40.9 Å². The molecular formula is C12H15BrO3S. The molecule has 0 radical (unpaired) electrons. The molecule has 1 aromatic heterocycles. The first-order chi connectivity index (χ1) is 8.05. The molecule has 94 valence electrons. The third-order valence-electron chi connectivity index (χ3n) is 3.47. The lowest BCUT2D eigenvalue weighted by Crippen LogP contribution is -2.43. The third-order valence-corrected chi connectivity index (χ3v) is 5.22. The number of rotatable bonds is 3. The molecule has 0 amide bonds. The van der Waals surface area contributed by atoms with Gasteiger partial charge < -0.3 is 10.2 Å². The average molecular weight is 319 g/mol. The summed E-state index contributed by atoms with van der Waals surface area (Å²) in [4.78, 5) is 12.0. The number of carboxylic acids is 1. The Kier molecular flexibility index (Phi) is 3.90. The van der Waals surface area contributed by atoms with Crippen molar-refractivity contribution in [2.75, 3.05) is 0 Å². The topological polar surface area (TPSA) is 57.5 Å². The van der Waals surface area contributed by atoms with Crippen LogP contribution in [-0.2, 0) is 10.4 Å². The minimum absolute atomic E-state index is 0.167. The van der Waals surface area contributed by atoms with Gasteiger partial charge in [0.1, 0.15) is 0 Å². The van der Waals surface area contributed by atoms with Gasteiger partial charge in [0, 0.05) is 10.8 Å². The van der Waals surface area contributed by atoms with E-state index in [1.165, 1.54) is 11.3 Å². The van der Waals surface area contributed by atoms with Gasteiger partial charge in [0.15, 0.2) is 5.60 Å². The number of aliphatic carboxylic acids is 1. The number of aliphatic hydroxyl groups is 1. The SMILES string of the molecule is O=C(O)C(O)(c1ccc(Br)s1)C1CCCCC1. The van der Waals surface area contributed by atoms with Gasteiger partial charge in [0.2, 0.25) is 0 Å². The summed E-state index contributed by atoms with van der Waals surface area (Å²) in [6, 6.07) is 3.49. The van der Waals surface area contributed by atoms with E-state index in [4.69, 9.17) is 0 Å². The van der Waals surface area contributed by atoms with Crippen LogP contribution in [0, 0.1) is 5.92 Å². The van der Waals surface area contributed by atoms with Gasteiger partial charge in [-0.15, -0.1) is 11.3 Å². The lowest BCUT2D eigenvalue weighted by molar-refractivity contribution is -0.168. The van der Waals surface area contributed by atoms with Gasteiger partial charge in [-0.1, -0.05) is 19.3 Å². The van der Waals surface area contributed by atoms with Crippen molar-refractivity contribution < 1.29 is 15.0 Å². The third kappa shape index (κ3) is 2.41. The average Bonchev–Trinajstić information content (AvgIpc) is 2.76. The summed E-state index contributed by atoms with van der Waals surface area (Å²) >= 11 is 4.61. The van der Waals surface area contributed by atoms with Crippen LogP contribution in [0.5, 0.6) is 0 Å². The van der Waals surface area contributed by atoms with Crippen molar-refractivity contribution in [2.45, 2.75) is 37.7 Å². The van der Waals surface area contributed by atoms with Crippen LogP contribution in [0.15, 0.2) is 15.9 Å². The normalized spacial score (nSPS) is 21.1. The molecule has 0 spiro atoms. The van der Waals surface area contributed by atoms with E-state index in [0.29, 0.717) is 4.88 Å². The molecule has 1 fully saturated rings. The highest BCUT2D eigenvalue weighted by molar-refractivity contribution is 9.11.